The zero-order valence-corrected chi connectivity index (χ0v) is 25.8. The second-order valence-corrected chi connectivity index (χ2v) is 11.4. The van der Waals surface area contributed by atoms with Crippen LogP contribution in [0.15, 0.2) is 109 Å². The molecule has 0 spiro atoms. The summed E-state index contributed by atoms with van der Waals surface area (Å²) >= 11 is 0. The minimum atomic E-state index is -1.77. The second-order valence-electron chi connectivity index (χ2n) is 11.4. The zero-order chi connectivity index (χ0) is 32.8. The van der Waals surface area contributed by atoms with Crippen LogP contribution >= 0.6 is 0 Å². The van der Waals surface area contributed by atoms with Gasteiger partial charge >= 0.3 is 0 Å². The van der Waals surface area contributed by atoms with Crippen LogP contribution in [0.25, 0.3) is 0 Å². The van der Waals surface area contributed by atoms with Crippen molar-refractivity contribution in [3.05, 3.63) is 143 Å². The van der Waals surface area contributed by atoms with Crippen molar-refractivity contribution >= 4 is 29.4 Å². The molecule has 0 radical (unpaired) electrons. The van der Waals surface area contributed by atoms with Crippen molar-refractivity contribution in [2.75, 3.05) is 26.3 Å². The van der Waals surface area contributed by atoms with Gasteiger partial charge in [-0.3, -0.25) is 33.8 Å². The molecule has 4 aromatic carbocycles. The highest BCUT2D eigenvalue weighted by atomic mass is 16.7. The molecule has 0 aromatic heterocycles. The Bertz CT molecular complexity index is 1650. The Balaban J connectivity index is 1.12. The maximum Gasteiger partial charge on any atom is 0.261 e. The van der Waals surface area contributed by atoms with Crippen molar-refractivity contribution in [2.45, 2.75) is 31.5 Å². The van der Waals surface area contributed by atoms with Gasteiger partial charge in [0.05, 0.1) is 35.5 Å². The first kappa shape index (κ1) is 31.7. The monoisotopic (exact) mass is 630 g/mol. The molecule has 4 aromatic rings. The number of hydrogen-bond donors (Lipinski definition) is 0. The van der Waals surface area contributed by atoms with E-state index < -0.39 is 5.79 Å². The number of carbonyl (C=O) groups is 5. The minimum Gasteiger partial charge on any atom is -0.340 e. The van der Waals surface area contributed by atoms with Crippen molar-refractivity contribution in [3.8, 4) is 0 Å². The predicted molar refractivity (Wildman–Crippen MR) is 173 cm³/mol. The van der Waals surface area contributed by atoms with E-state index in [0.717, 1.165) is 0 Å². The Morgan fingerprint density at radius 1 is 0.489 bits per heavy atom. The lowest BCUT2D eigenvalue weighted by atomic mass is 9.95. The van der Waals surface area contributed by atoms with Crippen LogP contribution < -0.4 is 0 Å². The molecule has 2 aliphatic heterocycles. The van der Waals surface area contributed by atoms with Gasteiger partial charge in [0.25, 0.3) is 29.4 Å². The lowest BCUT2D eigenvalue weighted by molar-refractivity contribution is -0.211. The molecule has 9 nitrogen and oxygen atoms in total. The van der Waals surface area contributed by atoms with E-state index in [1.165, 1.54) is 9.80 Å². The average Bonchev–Trinajstić information content (AvgIpc) is 3.51. The van der Waals surface area contributed by atoms with Gasteiger partial charge in [-0.25, -0.2) is 0 Å². The number of unbranched alkanes of at least 4 members (excludes halogenated alkanes) is 2. The number of ketones is 1. The molecule has 0 saturated carbocycles. The quantitative estimate of drug-likeness (QED) is 0.0695. The molecule has 2 heterocycles. The lowest BCUT2D eigenvalue weighted by Gasteiger charge is -2.33. The van der Waals surface area contributed by atoms with Crippen molar-refractivity contribution in [3.63, 3.8) is 0 Å². The van der Waals surface area contributed by atoms with E-state index in [9.17, 15) is 24.0 Å². The Kier molecular flexibility index (Phi) is 9.47. The van der Waals surface area contributed by atoms with Crippen LogP contribution in [-0.2, 0) is 15.3 Å². The number of hydrogen-bond acceptors (Lipinski definition) is 7. The van der Waals surface area contributed by atoms with Gasteiger partial charge < -0.3 is 9.47 Å². The van der Waals surface area contributed by atoms with E-state index >= 15 is 0 Å². The number of ether oxygens (including phenoxy) is 2. The number of Topliss-reactive ketones (excluding diaryl/α,β-unsaturated/α-hetero) is 1. The fourth-order valence-electron chi connectivity index (χ4n) is 5.97. The number of fused-ring (bicyclic) bond motifs is 2. The van der Waals surface area contributed by atoms with Crippen LogP contribution in [0.4, 0.5) is 0 Å². The summed E-state index contributed by atoms with van der Waals surface area (Å²) in [5, 5.41) is 0. The third-order valence-corrected chi connectivity index (χ3v) is 8.41. The molecule has 6 rings (SSSR count). The molecule has 0 N–H and O–H groups in total. The van der Waals surface area contributed by atoms with Gasteiger partial charge in [0.2, 0.25) is 5.78 Å². The van der Waals surface area contributed by atoms with Gasteiger partial charge in [-0.15, -0.1) is 0 Å². The Morgan fingerprint density at radius 3 is 1.26 bits per heavy atom. The lowest BCUT2D eigenvalue weighted by Crippen LogP contribution is -2.42. The normalized spacial score (nSPS) is 14.1. The van der Waals surface area contributed by atoms with Crippen molar-refractivity contribution < 1.29 is 33.4 Å². The summed E-state index contributed by atoms with van der Waals surface area (Å²) in [7, 11) is 0. The molecule has 0 unspecified atom stereocenters. The second kappa shape index (κ2) is 14.0. The summed E-state index contributed by atoms with van der Waals surface area (Å²) in [6, 6.07) is 31.3. The third kappa shape index (κ3) is 6.27. The summed E-state index contributed by atoms with van der Waals surface area (Å²) < 4.78 is 12.8. The maximum absolute atomic E-state index is 14.2. The van der Waals surface area contributed by atoms with E-state index in [4.69, 9.17) is 9.47 Å². The van der Waals surface area contributed by atoms with E-state index in [1.54, 1.807) is 97.1 Å². The summed E-state index contributed by atoms with van der Waals surface area (Å²) in [6.07, 6.45) is 1.84. The van der Waals surface area contributed by atoms with E-state index in [-0.39, 0.29) is 55.7 Å². The number of nitrogens with zero attached hydrogens (tertiary/aromatic N) is 2. The average molecular weight is 631 g/mol. The Labute approximate surface area is 272 Å². The van der Waals surface area contributed by atoms with Gasteiger partial charge in [0, 0.05) is 24.2 Å². The molecule has 0 saturated heterocycles. The van der Waals surface area contributed by atoms with Crippen LogP contribution in [0.3, 0.4) is 0 Å². The molecule has 0 aliphatic carbocycles. The molecule has 4 amide bonds. The molecule has 238 valence electrons. The van der Waals surface area contributed by atoms with Gasteiger partial charge in [0.1, 0.15) is 0 Å². The first-order valence-corrected chi connectivity index (χ1v) is 15.8. The summed E-state index contributed by atoms with van der Waals surface area (Å²) in [5.74, 6) is -3.39. The molecule has 2 aliphatic rings. The molecule has 0 atom stereocenters. The molecule has 47 heavy (non-hydrogen) atoms. The molecular formula is C38H34N2O7. The molecular weight excluding hydrogens is 596 g/mol. The summed E-state index contributed by atoms with van der Waals surface area (Å²) in [5.41, 5.74) is 2.55. The Morgan fingerprint density at radius 2 is 0.851 bits per heavy atom. The fourth-order valence-corrected chi connectivity index (χ4v) is 5.97. The highest BCUT2D eigenvalue weighted by Gasteiger charge is 2.44. The number of imide groups is 2. The van der Waals surface area contributed by atoms with Gasteiger partial charge in [0.15, 0.2) is 0 Å². The number of amides is 4. The van der Waals surface area contributed by atoms with E-state index in [2.05, 4.69) is 0 Å². The number of rotatable bonds is 15. The first-order valence-electron chi connectivity index (χ1n) is 15.8. The minimum absolute atomic E-state index is 0.117. The van der Waals surface area contributed by atoms with Gasteiger partial charge in [-0.1, -0.05) is 84.9 Å². The van der Waals surface area contributed by atoms with Crippen LogP contribution in [0.5, 0.6) is 0 Å². The van der Waals surface area contributed by atoms with Gasteiger partial charge in [-0.05, 0) is 49.9 Å². The standard InChI is InChI=1S/C38H34N2O7/c41-33(27-15-3-1-4-16-27)38(28-17-5-2-6-18-28,46-25-13-11-23-39-34(42)29-19-7-8-20-30(29)35(39)43)47-26-14-12-24-40-36(44)31-21-9-10-22-32(31)37(40)45/h1-10,15-22H,11-14,23-26H2. The molecule has 0 bridgehead atoms. The number of benzene rings is 4. The van der Waals surface area contributed by atoms with Crippen molar-refractivity contribution in [1.82, 2.24) is 9.80 Å². The van der Waals surface area contributed by atoms with Crippen LogP contribution in [0.1, 0.15) is 83.0 Å². The maximum atomic E-state index is 14.2. The fraction of sp³-hybridized carbons (Fsp3) is 0.237. The smallest absolute Gasteiger partial charge is 0.261 e. The molecule has 0 fully saturated rings. The van der Waals surface area contributed by atoms with Crippen LogP contribution in [0, 0.1) is 0 Å². The SMILES string of the molecule is O=C1c2ccccc2C(=O)N1CCCCOC(OCCCCN1C(=O)c2ccccc2C1=O)(C(=O)c1ccccc1)c1ccccc1. The highest BCUT2D eigenvalue weighted by molar-refractivity contribution is 6.22. The zero-order valence-electron chi connectivity index (χ0n) is 25.8. The summed E-state index contributed by atoms with van der Waals surface area (Å²) in [6.45, 7) is 0.677. The van der Waals surface area contributed by atoms with Crippen molar-refractivity contribution in [2.24, 2.45) is 0 Å². The first-order chi connectivity index (χ1) is 22.9. The van der Waals surface area contributed by atoms with Crippen molar-refractivity contribution in [1.29, 1.82) is 0 Å². The van der Waals surface area contributed by atoms with Crippen LogP contribution in [-0.4, -0.2) is 65.5 Å². The largest absolute Gasteiger partial charge is 0.340 e. The number of carbonyl (C=O) groups excluding carboxylic acids is 5. The third-order valence-electron chi connectivity index (χ3n) is 8.41. The molecule has 9 heteroatoms. The highest BCUT2D eigenvalue weighted by Crippen LogP contribution is 2.33. The topological polar surface area (TPSA) is 110 Å². The van der Waals surface area contributed by atoms with E-state index in [1.807, 2.05) is 12.1 Å². The Hall–Kier alpha value is -5.25. The summed E-state index contributed by atoms with van der Waals surface area (Å²) in [4.78, 5) is 67.8. The van der Waals surface area contributed by atoms with Gasteiger partial charge in [-0.2, -0.15) is 0 Å². The van der Waals surface area contributed by atoms with Crippen LogP contribution in [0.2, 0.25) is 0 Å². The predicted octanol–water partition coefficient (Wildman–Crippen LogP) is 5.91. The van der Waals surface area contributed by atoms with E-state index in [0.29, 0.717) is 59.1 Å².